The molecule has 62 heavy (non-hydrogen) atoms. The quantitative estimate of drug-likeness (QED) is 0.180. The molecule has 2 aromatic heterocycles. The van der Waals surface area contributed by atoms with Gasteiger partial charge in [-0.2, -0.15) is 0 Å². The van der Waals surface area contributed by atoms with Crippen LogP contribution in [0.3, 0.4) is 0 Å². The fraction of sp³-hybridized carbons (Fsp3) is 0.207. The van der Waals surface area contributed by atoms with E-state index in [1.807, 2.05) is 0 Å². The molecule has 0 fully saturated rings. The molecule has 0 spiro atoms. The summed E-state index contributed by atoms with van der Waals surface area (Å²) in [5.74, 6) is 0. The highest BCUT2D eigenvalue weighted by atomic mass is 16.3. The van der Waals surface area contributed by atoms with Crippen molar-refractivity contribution in [2.75, 3.05) is 5.32 Å². The van der Waals surface area contributed by atoms with Crippen molar-refractivity contribution in [1.29, 1.82) is 0 Å². The normalized spacial score (nSPS) is 16.4. The minimum Gasteiger partial charge on any atom is -0.456 e. The number of nitrogens with one attached hydrogen (secondary N) is 1. The highest BCUT2D eigenvalue weighted by Crippen LogP contribution is 2.56. The van der Waals surface area contributed by atoms with Crippen molar-refractivity contribution < 1.29 is 4.42 Å². The highest BCUT2D eigenvalue weighted by Gasteiger charge is 2.42. The fourth-order valence-electron chi connectivity index (χ4n) is 12.2. The van der Waals surface area contributed by atoms with E-state index in [9.17, 15) is 0 Å². The molecule has 0 saturated heterocycles. The molecule has 13 rings (SSSR count). The molecule has 2 aliphatic carbocycles. The smallest absolute Gasteiger partial charge is 0.198 e. The van der Waals surface area contributed by atoms with Crippen molar-refractivity contribution in [2.45, 2.75) is 77.6 Å². The molecule has 3 heterocycles. The van der Waals surface area contributed by atoms with Gasteiger partial charge < -0.3 is 14.3 Å². The number of rotatable bonds is 3. The Morgan fingerprint density at radius 2 is 1.29 bits per heavy atom. The van der Waals surface area contributed by atoms with E-state index in [-0.39, 0.29) is 16.2 Å². The van der Waals surface area contributed by atoms with Crippen LogP contribution >= 0.6 is 0 Å². The van der Waals surface area contributed by atoms with Crippen molar-refractivity contribution in [1.82, 2.24) is 4.57 Å². The van der Waals surface area contributed by atoms with Gasteiger partial charge in [0.2, 0.25) is 0 Å². The molecule has 10 aromatic rings. The first-order valence-corrected chi connectivity index (χ1v) is 22.5. The first-order valence-electron chi connectivity index (χ1n) is 22.5. The minimum absolute atomic E-state index is 0.0846. The van der Waals surface area contributed by atoms with Crippen LogP contribution < -0.4 is 16.2 Å². The monoisotopic (exact) mass is 800 g/mol. The van der Waals surface area contributed by atoms with Crippen LogP contribution in [0.2, 0.25) is 0 Å². The number of hydrogen-bond acceptors (Lipinski definition) is 2. The van der Waals surface area contributed by atoms with Crippen LogP contribution in [0.1, 0.15) is 82.2 Å². The molecular weight excluding hydrogens is 751 g/mol. The maximum absolute atomic E-state index is 6.80. The Labute approximate surface area is 363 Å². The highest BCUT2D eigenvalue weighted by molar-refractivity contribution is 6.73. The molecule has 3 nitrogen and oxygen atoms in total. The Morgan fingerprint density at radius 1 is 0.581 bits per heavy atom. The third-order valence-corrected chi connectivity index (χ3v) is 15.5. The molecule has 3 aliphatic rings. The second-order valence-electron chi connectivity index (χ2n) is 20.4. The predicted octanol–water partition coefficient (Wildman–Crippen LogP) is 13.9. The molecule has 4 heteroatoms. The number of aromatic nitrogens is 1. The zero-order valence-corrected chi connectivity index (χ0v) is 36.7. The number of anilines is 2. The average molecular weight is 801 g/mol. The summed E-state index contributed by atoms with van der Waals surface area (Å²) in [6.07, 6.45) is 2.36. The summed E-state index contributed by atoms with van der Waals surface area (Å²) in [7, 11) is 0.824. The third-order valence-electron chi connectivity index (χ3n) is 15.5. The largest absolute Gasteiger partial charge is 0.456 e. The second-order valence-corrected chi connectivity index (χ2v) is 20.4. The molecule has 1 N–H and O–H groups in total. The van der Waals surface area contributed by atoms with Gasteiger partial charge in [0.05, 0.1) is 5.52 Å². The summed E-state index contributed by atoms with van der Waals surface area (Å²) in [5, 5.41) is 11.6. The van der Waals surface area contributed by atoms with E-state index in [0.717, 1.165) is 34.9 Å². The van der Waals surface area contributed by atoms with Gasteiger partial charge in [-0.25, -0.2) is 0 Å². The molecule has 300 valence electrons. The molecule has 0 unspecified atom stereocenters. The summed E-state index contributed by atoms with van der Waals surface area (Å²) in [4.78, 5) is 0. The summed E-state index contributed by atoms with van der Waals surface area (Å²) in [6, 6.07) is 50.4. The van der Waals surface area contributed by atoms with E-state index in [4.69, 9.17) is 4.42 Å². The lowest BCUT2D eigenvalue weighted by molar-refractivity contribution is 0.332. The zero-order chi connectivity index (χ0) is 42.0. The van der Waals surface area contributed by atoms with Crippen molar-refractivity contribution in [2.24, 2.45) is 0 Å². The summed E-state index contributed by atoms with van der Waals surface area (Å²) in [5.41, 5.74) is 22.8. The third kappa shape index (κ3) is 4.73. The first kappa shape index (κ1) is 36.2. The Kier molecular flexibility index (Phi) is 7.06. The van der Waals surface area contributed by atoms with E-state index in [1.54, 1.807) is 0 Å². The number of benzene rings is 8. The van der Waals surface area contributed by atoms with Gasteiger partial charge in [0, 0.05) is 55.1 Å². The van der Waals surface area contributed by atoms with Gasteiger partial charge in [-0.3, -0.25) is 0 Å². The molecule has 1 aliphatic heterocycles. The fourth-order valence-corrected chi connectivity index (χ4v) is 12.2. The maximum atomic E-state index is 6.80. The molecule has 0 amide bonds. The van der Waals surface area contributed by atoms with Crippen molar-refractivity contribution >= 4 is 84.1 Å². The molecule has 0 radical (unpaired) electrons. The van der Waals surface area contributed by atoms with E-state index < -0.39 is 0 Å². The van der Waals surface area contributed by atoms with Crippen LogP contribution in [-0.2, 0) is 16.2 Å². The van der Waals surface area contributed by atoms with E-state index in [1.165, 1.54) is 118 Å². The Bertz CT molecular complexity index is 3630. The lowest BCUT2D eigenvalue weighted by Crippen LogP contribution is -2.38. The predicted molar refractivity (Wildman–Crippen MR) is 265 cm³/mol. The molecule has 0 saturated carbocycles. The van der Waals surface area contributed by atoms with Gasteiger partial charge in [0.25, 0.3) is 0 Å². The molecule has 8 aromatic carbocycles. The number of aryl methyl sites for hydroxylation is 1. The Hall–Kier alpha value is -6.52. The van der Waals surface area contributed by atoms with E-state index >= 15 is 0 Å². The number of fused-ring (bicyclic) bond motifs is 13. The second kappa shape index (κ2) is 12.1. The van der Waals surface area contributed by atoms with Crippen molar-refractivity contribution in [3.63, 3.8) is 0 Å². The van der Waals surface area contributed by atoms with Crippen LogP contribution in [0.15, 0.2) is 138 Å². The van der Waals surface area contributed by atoms with Crippen LogP contribution in [0, 0.1) is 6.92 Å². The maximum Gasteiger partial charge on any atom is 0.198 e. The standard InChI is InChI=1S/C58H49BN2O/c1-32-27-41-42(57(4,5)26-25-56(41,2)3)31-45(32)60-44-23-24-49-50(37-18-11-13-22-48(37)62-49)51(44)52-53-39(35-17-10-12-20-40(35)58(53,6)7)30-47-54(52)59-43-21-14-19-36-38-28-33-15-8-9-16-34(33)29-46(38)61(47)55(36)43/h8-24,27-31,59-60H,25-26H2,1-7H3. The lowest BCUT2D eigenvalue weighted by atomic mass is 9.57. The Morgan fingerprint density at radius 3 is 2.11 bits per heavy atom. The minimum atomic E-state index is -0.270. The van der Waals surface area contributed by atoms with Crippen LogP contribution in [-0.4, -0.2) is 11.8 Å². The average Bonchev–Trinajstić information content (AvgIpc) is 3.88. The van der Waals surface area contributed by atoms with Gasteiger partial charge >= 0.3 is 0 Å². The van der Waals surface area contributed by atoms with Gasteiger partial charge in [-0.1, -0.05) is 138 Å². The SMILES string of the molecule is Cc1cc2c(cc1Nc1ccc3oc4ccccc4c3c1-c1c3c(cc4c1C(C)(C)c1ccccc1-4)-n1c4cc5ccccc5cc4c4cccc(c41)B3)C(C)(C)CCC2(C)C. The zero-order valence-electron chi connectivity index (χ0n) is 36.7. The molecule has 0 atom stereocenters. The Balaban J connectivity index is 1.18. The van der Waals surface area contributed by atoms with Gasteiger partial charge in [-0.15, -0.1) is 0 Å². The molecular formula is C58H49BN2O. The molecule has 0 bridgehead atoms. The number of para-hydroxylation sites is 2. The van der Waals surface area contributed by atoms with Crippen LogP contribution in [0.25, 0.3) is 82.5 Å². The summed E-state index contributed by atoms with van der Waals surface area (Å²) < 4.78 is 9.41. The number of hydrogen-bond donors (Lipinski definition) is 1. The van der Waals surface area contributed by atoms with Crippen molar-refractivity contribution in [3.8, 4) is 27.9 Å². The number of furan rings is 1. The summed E-state index contributed by atoms with van der Waals surface area (Å²) >= 11 is 0. The van der Waals surface area contributed by atoms with E-state index in [0.29, 0.717) is 0 Å². The van der Waals surface area contributed by atoms with Gasteiger partial charge in [-0.05, 0) is 134 Å². The number of nitrogens with zero attached hydrogens (tertiary/aromatic N) is 1. The van der Waals surface area contributed by atoms with Crippen LogP contribution in [0.4, 0.5) is 11.4 Å². The van der Waals surface area contributed by atoms with Crippen LogP contribution in [0.5, 0.6) is 0 Å². The van der Waals surface area contributed by atoms with Gasteiger partial charge in [0.1, 0.15) is 11.2 Å². The van der Waals surface area contributed by atoms with Crippen molar-refractivity contribution in [3.05, 3.63) is 161 Å². The first-order chi connectivity index (χ1) is 29.9. The van der Waals surface area contributed by atoms with E-state index in [2.05, 4.69) is 192 Å². The summed E-state index contributed by atoms with van der Waals surface area (Å²) in [6.45, 7) is 16.9. The topological polar surface area (TPSA) is 30.1 Å². The van der Waals surface area contributed by atoms with Gasteiger partial charge in [0.15, 0.2) is 7.28 Å². The lowest BCUT2D eigenvalue weighted by Gasteiger charge is -2.42.